The van der Waals surface area contributed by atoms with E-state index in [2.05, 4.69) is 40.8 Å². The van der Waals surface area contributed by atoms with Crippen molar-refractivity contribution < 1.29 is 9.22 Å². The van der Waals surface area contributed by atoms with Gasteiger partial charge in [0.1, 0.15) is 0 Å². The van der Waals surface area contributed by atoms with Gasteiger partial charge in [0.2, 0.25) is 0 Å². The van der Waals surface area contributed by atoms with E-state index in [-0.39, 0.29) is 16.9 Å². The molecule has 0 aromatic heterocycles. The molecular weight excluding hydrogens is 384 g/mol. The minimum atomic E-state index is -2.02. The van der Waals surface area contributed by atoms with Crippen LogP contribution in [-0.4, -0.2) is 14.3 Å². The van der Waals surface area contributed by atoms with Gasteiger partial charge in [-0.05, 0) is 43.3 Å². The number of hydrogen-bond donors (Lipinski definition) is 0. The van der Waals surface area contributed by atoms with Gasteiger partial charge < -0.3 is 4.43 Å². The highest BCUT2D eigenvalue weighted by atomic mass is 28.4. The molecule has 0 spiro atoms. The molecule has 3 heteroatoms. The zero-order chi connectivity index (χ0) is 22.5. The van der Waals surface area contributed by atoms with Crippen molar-refractivity contribution >= 4 is 14.3 Å². The van der Waals surface area contributed by atoms with Crippen molar-refractivity contribution in [3.8, 4) is 0 Å². The predicted molar refractivity (Wildman–Crippen MR) is 134 cm³/mol. The van der Waals surface area contributed by atoms with Crippen molar-refractivity contribution in [1.29, 1.82) is 0 Å². The van der Waals surface area contributed by atoms with E-state index in [0.717, 1.165) is 6.42 Å². The molecule has 0 bridgehead atoms. The van der Waals surface area contributed by atoms with E-state index in [9.17, 15) is 4.79 Å². The second kappa shape index (κ2) is 14.7. The third kappa shape index (κ3) is 10.8. The summed E-state index contributed by atoms with van der Waals surface area (Å²) in [5.41, 5.74) is 0. The average molecular weight is 439 g/mol. The fourth-order valence-electron chi connectivity index (χ4n) is 4.59. The number of carbonyl (C=O) groups is 1. The van der Waals surface area contributed by atoms with Gasteiger partial charge in [-0.15, -0.1) is 0 Å². The van der Waals surface area contributed by atoms with Gasteiger partial charge in [0, 0.05) is 0 Å². The topological polar surface area (TPSA) is 26.3 Å². The summed E-state index contributed by atoms with van der Waals surface area (Å²) in [6, 6.07) is 0. The zero-order valence-corrected chi connectivity index (χ0v) is 22.5. The van der Waals surface area contributed by atoms with Crippen LogP contribution in [0.4, 0.5) is 0 Å². The molecule has 178 valence electrons. The smallest absolute Gasteiger partial charge is 0.295 e. The molecular formula is C27H54O2Si. The van der Waals surface area contributed by atoms with Gasteiger partial charge in [-0.3, -0.25) is 4.79 Å². The number of carbonyl (C=O) groups excluding carboxylic acids is 1. The van der Waals surface area contributed by atoms with Crippen LogP contribution in [-0.2, 0) is 9.22 Å². The Bertz CT molecular complexity index is 446. The van der Waals surface area contributed by atoms with Crippen LogP contribution in [0.25, 0.3) is 0 Å². The lowest BCUT2D eigenvalue weighted by Gasteiger charge is -2.37. The van der Waals surface area contributed by atoms with Crippen LogP contribution in [0.3, 0.4) is 0 Å². The van der Waals surface area contributed by atoms with E-state index in [4.69, 9.17) is 4.43 Å². The molecule has 1 aliphatic carbocycles. The van der Waals surface area contributed by atoms with Crippen LogP contribution < -0.4 is 0 Å². The zero-order valence-electron chi connectivity index (χ0n) is 21.5. The average Bonchev–Trinajstić information content (AvgIpc) is 3.18. The first-order chi connectivity index (χ1) is 14.2. The van der Waals surface area contributed by atoms with Crippen molar-refractivity contribution in [3.63, 3.8) is 0 Å². The van der Waals surface area contributed by atoms with Crippen LogP contribution in [0.2, 0.25) is 18.1 Å². The van der Waals surface area contributed by atoms with Crippen molar-refractivity contribution in [1.82, 2.24) is 0 Å². The van der Waals surface area contributed by atoms with E-state index < -0.39 is 8.32 Å². The molecule has 1 fully saturated rings. The van der Waals surface area contributed by atoms with Crippen LogP contribution in [0.1, 0.15) is 137 Å². The summed E-state index contributed by atoms with van der Waals surface area (Å²) in [6.07, 6.45) is 22.6. The van der Waals surface area contributed by atoms with Gasteiger partial charge in [0.15, 0.2) is 0 Å². The standard InChI is InChI=1S/C27H54O2Si/c1-7-8-9-10-11-12-13-14-15-16-17-18-23-25(24-21-19-20-22-24)26(28)29-30(5,6)27(2,3)4/h24-25H,7-23H2,1-6H3. The van der Waals surface area contributed by atoms with E-state index in [1.807, 2.05) is 0 Å². The Labute approximate surface area is 190 Å². The van der Waals surface area contributed by atoms with Crippen LogP contribution >= 0.6 is 0 Å². The fraction of sp³-hybridized carbons (Fsp3) is 0.963. The third-order valence-electron chi connectivity index (χ3n) is 7.80. The lowest BCUT2D eigenvalue weighted by Crippen LogP contribution is -2.44. The first-order valence-corrected chi connectivity index (χ1v) is 16.3. The second-order valence-corrected chi connectivity index (χ2v) is 16.2. The summed E-state index contributed by atoms with van der Waals surface area (Å²) >= 11 is 0. The largest absolute Gasteiger partial charge is 0.519 e. The molecule has 0 aromatic rings. The Morgan fingerprint density at radius 3 is 1.70 bits per heavy atom. The highest BCUT2D eigenvalue weighted by Gasteiger charge is 2.42. The molecule has 0 heterocycles. The third-order valence-corrected chi connectivity index (χ3v) is 12.1. The maximum Gasteiger partial charge on any atom is 0.295 e. The molecule has 0 radical (unpaired) electrons. The maximum absolute atomic E-state index is 13.1. The summed E-state index contributed by atoms with van der Waals surface area (Å²) in [5.74, 6) is 0.872. The summed E-state index contributed by atoms with van der Waals surface area (Å²) in [6.45, 7) is 13.4. The molecule has 0 N–H and O–H groups in total. The highest BCUT2D eigenvalue weighted by Crippen LogP contribution is 2.40. The normalized spacial score (nSPS) is 16.7. The Kier molecular flexibility index (Phi) is 13.6. The summed E-state index contributed by atoms with van der Waals surface area (Å²) < 4.78 is 6.23. The fourth-order valence-corrected chi connectivity index (χ4v) is 5.55. The van der Waals surface area contributed by atoms with Crippen LogP contribution in [0, 0.1) is 11.8 Å². The molecule has 1 rings (SSSR count). The van der Waals surface area contributed by atoms with Crippen molar-refractivity contribution in [3.05, 3.63) is 0 Å². The molecule has 0 saturated heterocycles. The van der Waals surface area contributed by atoms with Crippen LogP contribution in [0.15, 0.2) is 0 Å². The van der Waals surface area contributed by atoms with Gasteiger partial charge >= 0.3 is 0 Å². The molecule has 1 saturated carbocycles. The Hall–Kier alpha value is -0.313. The summed E-state index contributed by atoms with van der Waals surface area (Å²) in [7, 11) is -2.02. The number of unbranched alkanes of at least 4 members (excludes halogenated alkanes) is 11. The van der Waals surface area contributed by atoms with Gasteiger partial charge in [-0.1, -0.05) is 118 Å². The van der Waals surface area contributed by atoms with Gasteiger partial charge in [-0.25, -0.2) is 0 Å². The second-order valence-electron chi connectivity index (χ2n) is 11.5. The van der Waals surface area contributed by atoms with E-state index >= 15 is 0 Å². The lowest BCUT2D eigenvalue weighted by atomic mass is 9.86. The number of hydrogen-bond acceptors (Lipinski definition) is 2. The van der Waals surface area contributed by atoms with E-state index in [0.29, 0.717) is 5.92 Å². The Balaban J connectivity index is 2.26. The molecule has 1 aliphatic rings. The first-order valence-electron chi connectivity index (χ1n) is 13.4. The van der Waals surface area contributed by atoms with Crippen molar-refractivity contribution in [2.24, 2.45) is 11.8 Å². The minimum absolute atomic E-state index is 0.0961. The molecule has 0 aromatic carbocycles. The summed E-state index contributed by atoms with van der Waals surface area (Å²) in [4.78, 5) is 13.1. The quantitative estimate of drug-likeness (QED) is 0.177. The summed E-state index contributed by atoms with van der Waals surface area (Å²) in [5, 5.41) is 0.0961. The predicted octanol–water partition coefficient (Wildman–Crippen LogP) is 9.43. The van der Waals surface area contributed by atoms with Gasteiger partial charge in [0.25, 0.3) is 14.3 Å². The molecule has 0 amide bonds. The lowest BCUT2D eigenvalue weighted by molar-refractivity contribution is -0.142. The molecule has 0 aliphatic heterocycles. The van der Waals surface area contributed by atoms with Crippen molar-refractivity contribution in [2.45, 2.75) is 155 Å². The Morgan fingerprint density at radius 2 is 1.27 bits per heavy atom. The van der Waals surface area contributed by atoms with E-state index in [1.165, 1.54) is 103 Å². The first kappa shape index (κ1) is 27.7. The van der Waals surface area contributed by atoms with Crippen molar-refractivity contribution in [2.75, 3.05) is 0 Å². The van der Waals surface area contributed by atoms with Gasteiger partial charge in [-0.2, -0.15) is 0 Å². The molecule has 2 nitrogen and oxygen atoms in total. The molecule has 30 heavy (non-hydrogen) atoms. The molecule has 1 atom stereocenters. The highest BCUT2D eigenvalue weighted by molar-refractivity contribution is 6.75. The Morgan fingerprint density at radius 1 is 0.833 bits per heavy atom. The van der Waals surface area contributed by atoms with Crippen LogP contribution in [0.5, 0.6) is 0 Å². The monoisotopic (exact) mass is 438 g/mol. The van der Waals surface area contributed by atoms with Gasteiger partial charge in [0.05, 0.1) is 5.92 Å². The molecule has 1 unspecified atom stereocenters. The van der Waals surface area contributed by atoms with E-state index in [1.54, 1.807) is 0 Å². The minimum Gasteiger partial charge on any atom is -0.519 e. The maximum atomic E-state index is 13.1. The number of rotatable bonds is 16. The SMILES string of the molecule is CCCCCCCCCCCCCCC(C(=O)O[Si](C)(C)C(C)(C)C)C1CCCC1.